The third-order valence-electron chi connectivity index (χ3n) is 8.99. The van der Waals surface area contributed by atoms with Crippen molar-refractivity contribution in [3.05, 3.63) is 46.2 Å². The molecule has 1 amide bonds. The molecular formula is C29H43N5O4S. The summed E-state index contributed by atoms with van der Waals surface area (Å²) in [6, 6.07) is 10.3. The molecule has 1 unspecified atom stereocenters. The zero-order valence-corrected chi connectivity index (χ0v) is 24.5. The fourth-order valence-corrected chi connectivity index (χ4v) is 8.46. The first-order chi connectivity index (χ1) is 18.5. The number of nitrogens with one attached hydrogen (secondary N) is 1. The first-order valence-corrected chi connectivity index (χ1v) is 16.0. The lowest BCUT2D eigenvalue weighted by molar-refractivity contribution is 0.0844. The van der Waals surface area contributed by atoms with Gasteiger partial charge in [0.15, 0.2) is 0 Å². The van der Waals surface area contributed by atoms with Crippen LogP contribution in [-0.4, -0.2) is 96.6 Å². The third-order valence-corrected chi connectivity index (χ3v) is 10.9. The zero-order valence-electron chi connectivity index (χ0n) is 23.7. The van der Waals surface area contributed by atoms with Gasteiger partial charge in [-0.2, -0.15) is 0 Å². The summed E-state index contributed by atoms with van der Waals surface area (Å²) in [5, 5.41) is 4.05. The lowest BCUT2D eigenvalue weighted by atomic mass is 9.96. The minimum atomic E-state index is -3.24. The number of rotatable bonds is 9. The Hall–Kier alpha value is -2.27. The maximum Gasteiger partial charge on any atom is 0.264 e. The molecular weight excluding hydrogens is 514 g/mol. The summed E-state index contributed by atoms with van der Waals surface area (Å²) < 4.78 is 29.2. The predicted molar refractivity (Wildman–Crippen MR) is 155 cm³/mol. The standard InChI is InChI=1S/C29H43N5O4S/c1-20(2)34-27-9-6-5-8-21(27)16-26(29(34)36)28(35)30-22-17-23-10-11-24(18-22)33(23)13-7-15-39(37,38)32-14-12-25(19-32)31(3)4/h5-6,8-9,16,20,22-25H,7,10-15,17-19H2,1-4H3,(H,30,35)/t22-,23-,24+,25?. The summed E-state index contributed by atoms with van der Waals surface area (Å²) in [6.45, 7) is 5.88. The predicted octanol–water partition coefficient (Wildman–Crippen LogP) is 2.66. The average Bonchev–Trinajstić information content (AvgIpc) is 3.47. The van der Waals surface area contributed by atoms with Crippen LogP contribution in [0.4, 0.5) is 0 Å². The number of hydrogen-bond donors (Lipinski definition) is 1. The van der Waals surface area contributed by atoms with E-state index < -0.39 is 10.0 Å². The molecule has 3 saturated heterocycles. The molecule has 39 heavy (non-hydrogen) atoms. The number of pyridine rings is 1. The van der Waals surface area contributed by atoms with Crippen molar-refractivity contribution < 1.29 is 13.2 Å². The van der Waals surface area contributed by atoms with Gasteiger partial charge in [-0.3, -0.25) is 14.5 Å². The Labute approximate surface area is 232 Å². The molecule has 2 aromatic rings. The monoisotopic (exact) mass is 557 g/mol. The van der Waals surface area contributed by atoms with Gasteiger partial charge in [0, 0.05) is 43.3 Å². The van der Waals surface area contributed by atoms with Crippen LogP contribution >= 0.6 is 0 Å². The number of piperidine rings is 1. The quantitative estimate of drug-likeness (QED) is 0.510. The Morgan fingerprint density at radius 1 is 1.10 bits per heavy atom. The van der Waals surface area contributed by atoms with Gasteiger partial charge in [0.2, 0.25) is 10.0 Å². The number of hydrogen-bond acceptors (Lipinski definition) is 6. The Balaban J connectivity index is 1.18. The molecule has 214 valence electrons. The van der Waals surface area contributed by atoms with E-state index in [0.717, 1.165) is 49.6 Å². The molecule has 4 heterocycles. The molecule has 0 spiro atoms. The molecule has 9 nitrogen and oxygen atoms in total. The van der Waals surface area contributed by atoms with Gasteiger partial charge in [0.25, 0.3) is 11.5 Å². The number of likely N-dealkylation sites (N-methyl/N-ethyl adjacent to an activating group) is 1. The van der Waals surface area contributed by atoms with Crippen LogP contribution in [0.1, 0.15) is 68.8 Å². The highest BCUT2D eigenvalue weighted by Crippen LogP contribution is 2.36. The summed E-state index contributed by atoms with van der Waals surface area (Å²) in [4.78, 5) is 31.2. The van der Waals surface area contributed by atoms with Crippen LogP contribution in [-0.2, 0) is 10.0 Å². The highest BCUT2D eigenvalue weighted by molar-refractivity contribution is 7.89. The molecule has 1 aromatic heterocycles. The Kier molecular flexibility index (Phi) is 8.20. The number of amides is 1. The molecule has 1 aromatic carbocycles. The lowest BCUT2D eigenvalue weighted by Gasteiger charge is -2.39. The van der Waals surface area contributed by atoms with Crippen molar-refractivity contribution in [2.24, 2.45) is 0 Å². The Morgan fingerprint density at radius 2 is 1.79 bits per heavy atom. The van der Waals surface area contributed by atoms with E-state index in [2.05, 4.69) is 15.1 Å². The van der Waals surface area contributed by atoms with Crippen LogP contribution in [0.3, 0.4) is 0 Å². The summed E-state index contributed by atoms with van der Waals surface area (Å²) in [7, 11) is 0.774. The van der Waals surface area contributed by atoms with Crippen molar-refractivity contribution in [3.63, 3.8) is 0 Å². The highest BCUT2D eigenvalue weighted by atomic mass is 32.2. The van der Waals surface area contributed by atoms with Crippen LogP contribution in [0, 0.1) is 0 Å². The largest absolute Gasteiger partial charge is 0.349 e. The zero-order chi connectivity index (χ0) is 27.9. The van der Waals surface area contributed by atoms with E-state index in [4.69, 9.17) is 0 Å². The third kappa shape index (κ3) is 5.80. The van der Waals surface area contributed by atoms with Gasteiger partial charge in [-0.25, -0.2) is 12.7 Å². The van der Waals surface area contributed by atoms with E-state index in [1.54, 1.807) is 14.9 Å². The van der Waals surface area contributed by atoms with Crippen LogP contribution in [0.2, 0.25) is 0 Å². The molecule has 4 atom stereocenters. The van der Waals surface area contributed by atoms with Crippen molar-refractivity contribution in [2.45, 2.75) is 82.6 Å². The number of sulfonamides is 1. The summed E-state index contributed by atoms with van der Waals surface area (Å²) in [5.41, 5.74) is 0.781. The van der Waals surface area contributed by atoms with Gasteiger partial charge in [-0.05, 0) is 90.5 Å². The molecule has 1 N–H and O–H groups in total. The molecule has 5 rings (SSSR count). The number of nitrogens with zero attached hydrogens (tertiary/aromatic N) is 4. The first-order valence-electron chi connectivity index (χ1n) is 14.4. The van der Waals surface area contributed by atoms with E-state index >= 15 is 0 Å². The van der Waals surface area contributed by atoms with Crippen molar-refractivity contribution in [2.75, 3.05) is 39.5 Å². The Bertz CT molecular complexity index is 1360. The van der Waals surface area contributed by atoms with Crippen LogP contribution in [0.15, 0.2) is 35.1 Å². The Morgan fingerprint density at radius 3 is 2.44 bits per heavy atom. The summed E-state index contributed by atoms with van der Waals surface area (Å²) in [6.07, 6.45) is 5.31. The molecule has 2 bridgehead atoms. The van der Waals surface area contributed by atoms with Crippen LogP contribution in [0.5, 0.6) is 0 Å². The summed E-state index contributed by atoms with van der Waals surface area (Å²) in [5.74, 6) is -0.112. The molecule has 10 heteroatoms. The van der Waals surface area contributed by atoms with Gasteiger partial charge >= 0.3 is 0 Å². The van der Waals surface area contributed by atoms with E-state index in [0.29, 0.717) is 37.6 Å². The fraction of sp³-hybridized carbons (Fsp3) is 0.655. The lowest BCUT2D eigenvalue weighted by Crippen LogP contribution is -2.51. The number of benzene rings is 1. The second kappa shape index (κ2) is 11.3. The van der Waals surface area contributed by atoms with Gasteiger partial charge in [0.1, 0.15) is 5.56 Å². The number of para-hydroxylation sites is 1. The number of carbonyl (C=O) groups is 1. The van der Waals surface area contributed by atoms with Gasteiger partial charge < -0.3 is 14.8 Å². The SMILES string of the molecule is CC(C)n1c(=O)c(C(=O)N[C@@H]2C[C@H]3CC[C@@H](C2)N3CCCS(=O)(=O)N2CCC(N(C)C)C2)cc2ccccc21. The fourth-order valence-electron chi connectivity index (χ4n) is 6.92. The maximum absolute atomic E-state index is 13.3. The van der Waals surface area contributed by atoms with Gasteiger partial charge in [0.05, 0.1) is 11.3 Å². The second-order valence-corrected chi connectivity index (χ2v) is 14.2. The van der Waals surface area contributed by atoms with Crippen molar-refractivity contribution >= 4 is 26.8 Å². The minimum Gasteiger partial charge on any atom is -0.349 e. The highest BCUT2D eigenvalue weighted by Gasteiger charge is 2.41. The minimum absolute atomic E-state index is 0.0147. The first kappa shape index (κ1) is 28.3. The number of carbonyl (C=O) groups excluding carboxylic acids is 1. The van der Waals surface area contributed by atoms with E-state index in [1.165, 1.54) is 0 Å². The molecule has 3 aliphatic rings. The number of aromatic nitrogens is 1. The molecule has 0 aliphatic carbocycles. The van der Waals surface area contributed by atoms with Crippen LogP contribution < -0.4 is 10.9 Å². The normalized spacial score (nSPS) is 26.2. The van der Waals surface area contributed by atoms with Gasteiger partial charge in [-0.1, -0.05) is 18.2 Å². The van der Waals surface area contributed by atoms with E-state index in [1.807, 2.05) is 52.2 Å². The molecule has 0 radical (unpaired) electrons. The van der Waals surface area contributed by atoms with Gasteiger partial charge in [-0.15, -0.1) is 0 Å². The smallest absolute Gasteiger partial charge is 0.264 e. The van der Waals surface area contributed by atoms with E-state index in [-0.39, 0.29) is 34.9 Å². The second-order valence-electron chi connectivity index (χ2n) is 12.1. The number of fused-ring (bicyclic) bond motifs is 3. The topological polar surface area (TPSA) is 95.0 Å². The summed E-state index contributed by atoms with van der Waals surface area (Å²) >= 11 is 0. The van der Waals surface area contributed by atoms with Crippen molar-refractivity contribution in [1.29, 1.82) is 0 Å². The molecule has 0 saturated carbocycles. The van der Waals surface area contributed by atoms with Crippen LogP contribution in [0.25, 0.3) is 10.9 Å². The van der Waals surface area contributed by atoms with E-state index in [9.17, 15) is 18.0 Å². The molecule has 3 aliphatic heterocycles. The van der Waals surface area contributed by atoms with Crippen molar-refractivity contribution in [1.82, 2.24) is 24.0 Å². The maximum atomic E-state index is 13.3. The molecule has 3 fully saturated rings. The average molecular weight is 558 g/mol. The van der Waals surface area contributed by atoms with Crippen molar-refractivity contribution in [3.8, 4) is 0 Å².